The number of hydrogen-bond donors (Lipinski definition) is 2. The summed E-state index contributed by atoms with van der Waals surface area (Å²) in [4.78, 5) is 25.4. The topological polar surface area (TPSA) is 88.9 Å². The quantitative estimate of drug-likeness (QED) is 0.264. The Morgan fingerprint density at radius 1 is 1.14 bits per heavy atom. The van der Waals surface area contributed by atoms with Crippen molar-refractivity contribution in [3.63, 3.8) is 0 Å². The van der Waals surface area contributed by atoms with Gasteiger partial charge >= 0.3 is 0 Å². The minimum absolute atomic E-state index is 0.140. The SMILES string of the molecule is C=CCn1c(SCC(=O)Nc2c(C)cc(C)cc2C)nnc1C(C)NC(=O)c1ccc(Cl)cc1Cl. The summed E-state index contributed by atoms with van der Waals surface area (Å²) in [5.41, 5.74) is 4.32. The van der Waals surface area contributed by atoms with E-state index >= 15 is 0 Å². The van der Waals surface area contributed by atoms with Crippen LogP contribution in [-0.2, 0) is 11.3 Å². The monoisotopic (exact) mass is 531 g/mol. The zero-order chi connectivity index (χ0) is 25.7. The maximum Gasteiger partial charge on any atom is 0.253 e. The number of hydrogen-bond acceptors (Lipinski definition) is 5. The maximum atomic E-state index is 12.7. The zero-order valence-electron chi connectivity index (χ0n) is 20.0. The molecular weight excluding hydrogens is 505 g/mol. The molecule has 7 nitrogen and oxygen atoms in total. The van der Waals surface area contributed by atoms with E-state index in [9.17, 15) is 9.59 Å². The Hall–Kier alpha value is -2.81. The van der Waals surface area contributed by atoms with E-state index in [-0.39, 0.29) is 22.6 Å². The average molecular weight is 532 g/mol. The molecule has 0 spiro atoms. The van der Waals surface area contributed by atoms with Crippen LogP contribution in [0.4, 0.5) is 5.69 Å². The molecule has 0 saturated carbocycles. The van der Waals surface area contributed by atoms with E-state index in [1.54, 1.807) is 25.1 Å². The van der Waals surface area contributed by atoms with Crippen LogP contribution < -0.4 is 10.6 Å². The summed E-state index contributed by atoms with van der Waals surface area (Å²) in [5.74, 6) is 0.197. The highest BCUT2D eigenvalue weighted by molar-refractivity contribution is 7.99. The molecule has 1 heterocycles. The van der Waals surface area contributed by atoms with Crippen LogP contribution in [0, 0.1) is 20.8 Å². The normalized spacial score (nSPS) is 11.7. The minimum Gasteiger partial charge on any atom is -0.342 e. The summed E-state index contributed by atoms with van der Waals surface area (Å²) in [5, 5.41) is 15.6. The first-order chi connectivity index (χ1) is 16.6. The predicted molar refractivity (Wildman–Crippen MR) is 143 cm³/mol. The van der Waals surface area contributed by atoms with Crippen molar-refractivity contribution in [3.8, 4) is 0 Å². The van der Waals surface area contributed by atoms with Crippen LogP contribution in [0.1, 0.15) is 45.8 Å². The molecule has 0 bridgehead atoms. The fourth-order valence-corrected chi connectivity index (χ4v) is 4.97. The second kappa shape index (κ2) is 11.7. The molecule has 2 aromatic carbocycles. The third-order valence-electron chi connectivity index (χ3n) is 5.24. The van der Waals surface area contributed by atoms with Gasteiger partial charge in [0.2, 0.25) is 5.91 Å². The van der Waals surface area contributed by atoms with Crippen molar-refractivity contribution in [2.24, 2.45) is 0 Å². The van der Waals surface area contributed by atoms with E-state index in [2.05, 4.69) is 27.4 Å². The number of anilines is 1. The molecule has 0 saturated heterocycles. The minimum atomic E-state index is -0.470. The molecule has 2 amide bonds. The first kappa shape index (κ1) is 26.8. The lowest BCUT2D eigenvalue weighted by Gasteiger charge is -2.16. The van der Waals surface area contributed by atoms with Gasteiger partial charge in [0.1, 0.15) is 0 Å². The number of carbonyl (C=O) groups excluding carboxylic acids is 2. The highest BCUT2D eigenvalue weighted by atomic mass is 35.5. The van der Waals surface area contributed by atoms with Gasteiger partial charge in [-0.3, -0.25) is 9.59 Å². The van der Waals surface area contributed by atoms with Crippen LogP contribution in [0.15, 0.2) is 48.1 Å². The number of benzene rings is 2. The Balaban J connectivity index is 1.70. The van der Waals surface area contributed by atoms with Crippen molar-refractivity contribution < 1.29 is 9.59 Å². The Morgan fingerprint density at radius 3 is 2.46 bits per heavy atom. The molecule has 1 unspecified atom stereocenters. The predicted octanol–water partition coefficient (Wildman–Crippen LogP) is 5.92. The van der Waals surface area contributed by atoms with Crippen molar-refractivity contribution >= 4 is 52.5 Å². The molecule has 35 heavy (non-hydrogen) atoms. The van der Waals surface area contributed by atoms with Gasteiger partial charge in [0.05, 0.1) is 22.4 Å². The number of aryl methyl sites for hydroxylation is 3. The van der Waals surface area contributed by atoms with E-state index in [1.807, 2.05) is 37.5 Å². The smallest absolute Gasteiger partial charge is 0.253 e. The van der Waals surface area contributed by atoms with Crippen molar-refractivity contribution in [1.82, 2.24) is 20.1 Å². The second-order valence-electron chi connectivity index (χ2n) is 8.17. The number of amides is 2. The number of nitrogens with zero attached hydrogens (tertiary/aromatic N) is 3. The van der Waals surface area contributed by atoms with E-state index in [0.29, 0.717) is 28.1 Å². The standard InChI is InChI=1S/C25H27Cl2N5O2S/c1-6-9-32-23(17(5)28-24(34)19-8-7-18(26)12-20(19)27)30-31-25(32)35-13-21(33)29-22-15(3)10-14(2)11-16(22)4/h6-8,10-12,17H,1,9,13H2,2-5H3,(H,28,34)(H,29,33). The highest BCUT2D eigenvalue weighted by Gasteiger charge is 2.21. The van der Waals surface area contributed by atoms with Gasteiger partial charge in [-0.15, -0.1) is 16.8 Å². The molecular formula is C25H27Cl2N5O2S. The molecule has 0 aliphatic rings. The molecule has 0 radical (unpaired) electrons. The van der Waals surface area contributed by atoms with Crippen LogP contribution in [0.25, 0.3) is 0 Å². The van der Waals surface area contributed by atoms with Gasteiger partial charge in [0.25, 0.3) is 5.91 Å². The Morgan fingerprint density at radius 2 is 1.83 bits per heavy atom. The van der Waals surface area contributed by atoms with Crippen molar-refractivity contribution in [1.29, 1.82) is 0 Å². The summed E-state index contributed by atoms with van der Waals surface area (Å²) in [6.45, 7) is 12.0. The summed E-state index contributed by atoms with van der Waals surface area (Å²) >= 11 is 13.4. The lowest BCUT2D eigenvalue weighted by Crippen LogP contribution is -2.29. The van der Waals surface area contributed by atoms with Crippen molar-refractivity contribution in [2.75, 3.05) is 11.1 Å². The summed E-state index contributed by atoms with van der Waals surface area (Å²) < 4.78 is 1.82. The third kappa shape index (κ3) is 6.66. The molecule has 0 aliphatic carbocycles. The lowest BCUT2D eigenvalue weighted by atomic mass is 10.1. The van der Waals surface area contributed by atoms with Crippen LogP contribution in [-0.4, -0.2) is 32.3 Å². The Labute approximate surface area is 219 Å². The van der Waals surface area contributed by atoms with Crippen molar-refractivity contribution in [2.45, 2.75) is 45.4 Å². The largest absolute Gasteiger partial charge is 0.342 e. The third-order valence-corrected chi connectivity index (χ3v) is 6.76. The van der Waals surface area contributed by atoms with Gasteiger partial charge in [0.15, 0.2) is 11.0 Å². The number of halogens is 2. The van der Waals surface area contributed by atoms with E-state index < -0.39 is 6.04 Å². The summed E-state index contributed by atoms with van der Waals surface area (Å²) in [6.07, 6.45) is 1.71. The molecule has 3 rings (SSSR count). The van der Waals surface area contributed by atoms with Gasteiger partial charge < -0.3 is 15.2 Å². The number of thioether (sulfide) groups is 1. The molecule has 184 valence electrons. The van der Waals surface area contributed by atoms with Crippen molar-refractivity contribution in [3.05, 3.63) is 81.1 Å². The Kier molecular flexibility index (Phi) is 8.99. The van der Waals surface area contributed by atoms with Gasteiger partial charge in [0, 0.05) is 17.3 Å². The van der Waals surface area contributed by atoms with Gasteiger partial charge in [-0.25, -0.2) is 0 Å². The highest BCUT2D eigenvalue weighted by Crippen LogP contribution is 2.25. The number of aromatic nitrogens is 3. The van der Waals surface area contributed by atoms with E-state index in [4.69, 9.17) is 23.2 Å². The lowest BCUT2D eigenvalue weighted by molar-refractivity contribution is -0.113. The molecule has 2 N–H and O–H groups in total. The molecule has 1 aromatic heterocycles. The summed E-state index contributed by atoms with van der Waals surface area (Å²) in [7, 11) is 0. The molecule has 1 atom stereocenters. The van der Waals surface area contributed by atoms with E-state index in [0.717, 1.165) is 22.4 Å². The number of allylic oxidation sites excluding steroid dienone is 1. The molecule has 3 aromatic rings. The number of rotatable bonds is 9. The fourth-order valence-electron chi connectivity index (χ4n) is 3.72. The molecule has 10 heteroatoms. The first-order valence-electron chi connectivity index (χ1n) is 10.9. The van der Waals surface area contributed by atoms with Gasteiger partial charge in [-0.1, -0.05) is 58.7 Å². The number of carbonyl (C=O) groups is 2. The fraction of sp³-hybridized carbons (Fsp3) is 0.280. The van der Waals surface area contributed by atoms with E-state index in [1.165, 1.54) is 17.8 Å². The summed E-state index contributed by atoms with van der Waals surface area (Å²) in [6, 6.07) is 8.29. The Bertz CT molecular complexity index is 1250. The van der Waals surface area contributed by atoms with Gasteiger partial charge in [-0.2, -0.15) is 0 Å². The first-order valence-corrected chi connectivity index (χ1v) is 12.6. The van der Waals surface area contributed by atoms with Crippen LogP contribution in [0.5, 0.6) is 0 Å². The van der Waals surface area contributed by atoms with Crippen LogP contribution in [0.2, 0.25) is 10.0 Å². The van der Waals surface area contributed by atoms with Crippen LogP contribution >= 0.6 is 35.0 Å². The molecule has 0 aliphatic heterocycles. The van der Waals surface area contributed by atoms with Gasteiger partial charge in [-0.05, 0) is 57.0 Å². The average Bonchev–Trinajstić information content (AvgIpc) is 3.17. The van der Waals surface area contributed by atoms with Crippen LogP contribution in [0.3, 0.4) is 0 Å². The maximum absolute atomic E-state index is 12.7. The second-order valence-corrected chi connectivity index (χ2v) is 9.96. The number of nitrogens with one attached hydrogen (secondary N) is 2. The zero-order valence-corrected chi connectivity index (χ0v) is 22.3. The molecule has 0 fully saturated rings.